The van der Waals surface area contributed by atoms with Crippen molar-refractivity contribution in [2.24, 2.45) is 0 Å². The van der Waals surface area contributed by atoms with Crippen molar-refractivity contribution in [2.75, 3.05) is 19.5 Å². The van der Waals surface area contributed by atoms with Crippen LogP contribution in [0.2, 0.25) is 0 Å². The molecule has 2 heteroatoms. The summed E-state index contributed by atoms with van der Waals surface area (Å²) in [5.74, 6) is 0. The van der Waals surface area contributed by atoms with E-state index in [0.717, 1.165) is 0 Å². The normalized spacial score (nSPS) is 15.2. The molecule has 0 saturated carbocycles. The topological polar surface area (TPSA) is 0 Å². The van der Waals surface area contributed by atoms with Gasteiger partial charge in [0.05, 0.1) is 0 Å². The van der Waals surface area contributed by atoms with Gasteiger partial charge < -0.3 is 0 Å². The average Bonchev–Trinajstić information content (AvgIpc) is 2.06. The predicted octanol–water partition coefficient (Wildman–Crippen LogP) is 3.49. The fourth-order valence-electron chi connectivity index (χ4n) is 1.07. The third kappa shape index (κ3) is 2.20. The summed E-state index contributed by atoms with van der Waals surface area (Å²) >= 11 is 2.67. The molecular weight excluding hydrogens is 278 g/mol. The molecule has 68 valence electrons. The molecule has 0 fully saturated rings. The van der Waals surface area contributed by atoms with Crippen molar-refractivity contribution in [3.63, 3.8) is 0 Å². The van der Waals surface area contributed by atoms with Crippen LogP contribution in [0.4, 0.5) is 0 Å². The molecule has 0 saturated heterocycles. The van der Waals surface area contributed by atoms with E-state index in [1.165, 1.54) is 11.5 Å². The van der Waals surface area contributed by atoms with Gasteiger partial charge in [0.2, 0.25) is 0 Å². The van der Waals surface area contributed by atoms with Gasteiger partial charge in [0.1, 0.15) is 0 Å². The first-order valence-electron chi connectivity index (χ1n) is 4.22. The summed E-state index contributed by atoms with van der Waals surface area (Å²) in [6.07, 6.45) is 1.27. The second kappa shape index (κ2) is 3.26. The molecule has 0 N–H and O–H groups in total. The molecule has 12 heavy (non-hydrogen) atoms. The summed E-state index contributed by atoms with van der Waals surface area (Å²) < 4.78 is -1.55. The van der Waals surface area contributed by atoms with E-state index < -0.39 is 4.25 Å². The van der Waals surface area contributed by atoms with Gasteiger partial charge in [0.25, 0.3) is 0 Å². The number of hydrogen-bond donors (Lipinski definition) is 0. The molecule has 0 bridgehead atoms. The summed E-state index contributed by atoms with van der Waals surface area (Å²) in [6, 6.07) is 10.9. The summed E-state index contributed by atoms with van der Waals surface area (Å²) in [4.78, 5) is 0. The molecule has 0 radical (unpaired) electrons. The quantitative estimate of drug-likeness (QED) is 0.578. The molecule has 0 heterocycles. The number of benzene rings is 1. The molecule has 1 aromatic carbocycles. The van der Waals surface area contributed by atoms with Crippen LogP contribution in [0.15, 0.2) is 30.3 Å². The predicted molar refractivity (Wildman–Crippen MR) is 69.4 cm³/mol. The first-order valence-corrected chi connectivity index (χ1v) is 10.3. The Kier molecular flexibility index (Phi) is 2.85. The monoisotopic (exact) mass is 294 g/mol. The van der Waals surface area contributed by atoms with E-state index >= 15 is 0 Å². The molecule has 1 aromatic rings. The Labute approximate surface area is 88.2 Å². The Morgan fingerprint density at radius 2 is 1.67 bits per heavy atom. The molecule has 0 aliphatic carbocycles. The van der Waals surface area contributed by atoms with Crippen LogP contribution in [0.3, 0.4) is 0 Å². The van der Waals surface area contributed by atoms with Gasteiger partial charge in [0.15, 0.2) is 0 Å². The average molecular weight is 294 g/mol. The van der Waals surface area contributed by atoms with Gasteiger partial charge in [-0.2, -0.15) is 0 Å². The van der Waals surface area contributed by atoms with Gasteiger partial charge in [0, 0.05) is 0 Å². The summed E-state index contributed by atoms with van der Waals surface area (Å²) in [6.45, 7) is 7.13. The molecule has 0 aliphatic heterocycles. The van der Waals surface area contributed by atoms with E-state index in [9.17, 15) is 0 Å². The maximum absolute atomic E-state index is 2.67. The van der Waals surface area contributed by atoms with Crippen molar-refractivity contribution in [2.45, 2.75) is 6.92 Å². The Bertz CT molecular complexity index is 258. The molecule has 0 aliphatic rings. The Balaban J connectivity index is 3.14. The number of hydrogen-bond acceptors (Lipinski definition) is 0. The zero-order valence-corrected chi connectivity index (χ0v) is 11.0. The number of halogens is 1. The van der Waals surface area contributed by atoms with Gasteiger partial charge in [-0.1, -0.05) is 0 Å². The second-order valence-corrected chi connectivity index (χ2v) is 18.8. The van der Waals surface area contributed by atoms with E-state index in [2.05, 4.69) is 72.6 Å². The molecule has 0 amide bonds. The van der Waals surface area contributed by atoms with E-state index in [4.69, 9.17) is 0 Å². The standard InChI is InChI=1S/C10H16IP/c1-4-12(2,3,11)10-8-6-5-7-9-10/h5-9H,4H2,1-3H3. The van der Waals surface area contributed by atoms with Crippen LogP contribution in [0.5, 0.6) is 0 Å². The zero-order chi connectivity index (χ0) is 9.27. The van der Waals surface area contributed by atoms with Crippen LogP contribution in [0.25, 0.3) is 0 Å². The van der Waals surface area contributed by atoms with Gasteiger partial charge in [-0.3, -0.25) is 0 Å². The Hall–Kier alpha value is 0.380. The van der Waals surface area contributed by atoms with E-state index in [-0.39, 0.29) is 0 Å². The van der Waals surface area contributed by atoms with Crippen LogP contribution in [-0.2, 0) is 0 Å². The van der Waals surface area contributed by atoms with E-state index in [1.807, 2.05) is 0 Å². The van der Waals surface area contributed by atoms with Crippen LogP contribution in [0, 0.1) is 0 Å². The summed E-state index contributed by atoms with van der Waals surface area (Å²) in [5, 5.41) is 1.53. The molecule has 0 spiro atoms. The van der Waals surface area contributed by atoms with Gasteiger partial charge in [-0.25, -0.2) is 0 Å². The van der Waals surface area contributed by atoms with Crippen molar-refractivity contribution in [3.05, 3.63) is 30.3 Å². The minimum absolute atomic E-state index is 1.27. The molecule has 0 unspecified atom stereocenters. The van der Waals surface area contributed by atoms with Gasteiger partial charge in [-0.05, 0) is 0 Å². The van der Waals surface area contributed by atoms with Crippen molar-refractivity contribution in [3.8, 4) is 0 Å². The van der Waals surface area contributed by atoms with Gasteiger partial charge >= 0.3 is 88.3 Å². The van der Waals surface area contributed by atoms with E-state index in [1.54, 1.807) is 0 Å². The fraction of sp³-hybridized carbons (Fsp3) is 0.400. The molecule has 0 aromatic heterocycles. The SMILES string of the molecule is CCP(C)(C)(I)c1ccccc1. The summed E-state index contributed by atoms with van der Waals surface area (Å²) in [5.41, 5.74) is 0. The second-order valence-electron chi connectivity index (χ2n) is 3.88. The zero-order valence-electron chi connectivity index (χ0n) is 7.92. The third-order valence-electron chi connectivity index (χ3n) is 2.46. The fourth-order valence-corrected chi connectivity index (χ4v) is 3.49. The van der Waals surface area contributed by atoms with Crippen LogP contribution < -0.4 is 5.30 Å². The Morgan fingerprint density at radius 1 is 1.17 bits per heavy atom. The van der Waals surface area contributed by atoms with Crippen molar-refractivity contribution in [1.82, 2.24) is 0 Å². The maximum atomic E-state index is 2.67. The van der Waals surface area contributed by atoms with Crippen molar-refractivity contribution in [1.29, 1.82) is 0 Å². The molecule has 0 atom stereocenters. The van der Waals surface area contributed by atoms with Crippen LogP contribution in [0.1, 0.15) is 6.92 Å². The van der Waals surface area contributed by atoms with Crippen molar-refractivity contribution < 1.29 is 0 Å². The first-order chi connectivity index (χ1) is 5.44. The molecule has 0 nitrogen and oxygen atoms in total. The van der Waals surface area contributed by atoms with Crippen LogP contribution in [-0.4, -0.2) is 19.5 Å². The Morgan fingerprint density at radius 3 is 2.08 bits per heavy atom. The van der Waals surface area contributed by atoms with E-state index in [0.29, 0.717) is 0 Å². The molecular formula is C10H16IP. The third-order valence-corrected chi connectivity index (χ3v) is 9.89. The summed E-state index contributed by atoms with van der Waals surface area (Å²) in [7, 11) is 0. The van der Waals surface area contributed by atoms with Crippen molar-refractivity contribution >= 4 is 31.6 Å². The van der Waals surface area contributed by atoms with Gasteiger partial charge in [-0.15, -0.1) is 0 Å². The molecule has 1 rings (SSSR count). The number of rotatable bonds is 2. The van der Waals surface area contributed by atoms with Crippen LogP contribution >= 0.6 is 26.3 Å². The first kappa shape index (κ1) is 10.5. The minimum atomic E-state index is -1.55.